The number of nitrogens with zero attached hydrogens (tertiary/aromatic N) is 3. The van der Waals surface area contributed by atoms with Crippen molar-refractivity contribution in [3.8, 4) is 11.4 Å². The number of hydrogen-bond donors (Lipinski definition) is 1. The van der Waals surface area contributed by atoms with E-state index in [2.05, 4.69) is 48.4 Å². The van der Waals surface area contributed by atoms with Crippen molar-refractivity contribution in [2.24, 2.45) is 5.92 Å². The van der Waals surface area contributed by atoms with Crippen LogP contribution in [0.1, 0.15) is 18.7 Å². The van der Waals surface area contributed by atoms with E-state index in [0.717, 1.165) is 41.7 Å². The second-order valence-corrected chi connectivity index (χ2v) is 9.61. The maximum atomic E-state index is 12.5. The molecule has 0 bridgehead atoms. The summed E-state index contributed by atoms with van der Waals surface area (Å²) in [4.78, 5) is 20.5. The average molecular weight is 501 g/mol. The molecule has 162 valence electrons. The maximum absolute atomic E-state index is 12.5. The van der Waals surface area contributed by atoms with E-state index in [0.29, 0.717) is 24.8 Å². The average Bonchev–Trinajstić information content (AvgIpc) is 3.26. The lowest BCUT2D eigenvalue weighted by atomic mass is 9.96. The number of amides is 1. The van der Waals surface area contributed by atoms with Gasteiger partial charge in [0.05, 0.1) is 6.54 Å². The molecule has 1 saturated heterocycles. The van der Waals surface area contributed by atoms with Crippen LogP contribution in [-0.2, 0) is 11.3 Å². The van der Waals surface area contributed by atoms with E-state index in [4.69, 9.17) is 4.52 Å². The lowest BCUT2D eigenvalue weighted by molar-refractivity contribution is -0.126. The zero-order valence-electron chi connectivity index (χ0n) is 17.2. The first-order chi connectivity index (χ1) is 15.2. The highest BCUT2D eigenvalue weighted by Crippen LogP contribution is 2.22. The predicted octanol–water partition coefficient (Wildman–Crippen LogP) is 4.62. The summed E-state index contributed by atoms with van der Waals surface area (Å²) < 4.78 is 6.42. The Morgan fingerprint density at radius 1 is 1.16 bits per heavy atom. The quantitative estimate of drug-likeness (QED) is 0.359. The number of carbonyl (C=O) groups is 1. The molecule has 1 fully saturated rings. The van der Waals surface area contributed by atoms with E-state index in [1.807, 2.05) is 42.5 Å². The summed E-state index contributed by atoms with van der Waals surface area (Å²) in [5.74, 6) is 2.34. The van der Waals surface area contributed by atoms with Crippen molar-refractivity contribution >= 4 is 33.6 Å². The molecule has 4 rings (SSSR count). The molecular weight excluding hydrogens is 476 g/mol. The highest BCUT2D eigenvalue weighted by Gasteiger charge is 2.25. The minimum atomic E-state index is 0.0814. The number of rotatable bonds is 8. The van der Waals surface area contributed by atoms with Crippen LogP contribution in [0.5, 0.6) is 0 Å². The van der Waals surface area contributed by atoms with Gasteiger partial charge < -0.3 is 9.84 Å². The Morgan fingerprint density at radius 2 is 1.97 bits per heavy atom. The molecule has 0 aliphatic carbocycles. The zero-order valence-corrected chi connectivity index (χ0v) is 19.6. The molecule has 1 aliphatic heterocycles. The first-order valence-electron chi connectivity index (χ1n) is 10.4. The van der Waals surface area contributed by atoms with Gasteiger partial charge in [0.1, 0.15) is 0 Å². The van der Waals surface area contributed by atoms with Gasteiger partial charge in [-0.2, -0.15) is 4.98 Å². The highest BCUT2D eigenvalue weighted by atomic mass is 79.9. The number of aromatic nitrogens is 2. The third-order valence-electron chi connectivity index (χ3n) is 5.28. The Bertz CT molecular complexity index is 990. The van der Waals surface area contributed by atoms with E-state index in [1.54, 1.807) is 11.8 Å². The van der Waals surface area contributed by atoms with E-state index in [1.165, 1.54) is 4.90 Å². The van der Waals surface area contributed by atoms with Gasteiger partial charge >= 0.3 is 0 Å². The minimum Gasteiger partial charge on any atom is -0.355 e. The molecule has 0 saturated carbocycles. The zero-order chi connectivity index (χ0) is 21.5. The summed E-state index contributed by atoms with van der Waals surface area (Å²) in [6, 6.07) is 18.1. The molecule has 1 aliphatic rings. The molecule has 0 unspecified atom stereocenters. The third kappa shape index (κ3) is 6.41. The van der Waals surface area contributed by atoms with Crippen LogP contribution in [0, 0.1) is 5.92 Å². The lowest BCUT2D eigenvalue weighted by Crippen LogP contribution is -2.40. The van der Waals surface area contributed by atoms with Crippen LogP contribution in [-0.4, -0.2) is 46.3 Å². The summed E-state index contributed by atoms with van der Waals surface area (Å²) in [6.45, 7) is 3.01. The molecule has 6 nitrogen and oxygen atoms in total. The molecule has 0 atom stereocenters. The molecule has 0 spiro atoms. The Labute approximate surface area is 194 Å². The Hall–Kier alpha value is -2.16. The van der Waals surface area contributed by atoms with Crippen LogP contribution >= 0.6 is 27.7 Å². The van der Waals surface area contributed by atoms with Crippen molar-refractivity contribution in [2.75, 3.05) is 25.4 Å². The number of halogens is 1. The van der Waals surface area contributed by atoms with Crippen molar-refractivity contribution in [2.45, 2.75) is 24.3 Å². The molecule has 2 heterocycles. The van der Waals surface area contributed by atoms with Crippen LogP contribution in [0.2, 0.25) is 0 Å². The SMILES string of the molecule is O=C(NCCSc1ccccc1)C1CCN(Cc2nc(-c3cccc(Br)c3)no2)CC1. The van der Waals surface area contributed by atoms with Crippen molar-refractivity contribution in [1.29, 1.82) is 0 Å². The minimum absolute atomic E-state index is 0.0814. The van der Waals surface area contributed by atoms with Gasteiger partial charge in [-0.3, -0.25) is 9.69 Å². The molecule has 8 heteroatoms. The van der Waals surface area contributed by atoms with Gasteiger partial charge in [0.2, 0.25) is 17.6 Å². The fourth-order valence-corrected chi connectivity index (χ4v) is 4.80. The molecule has 31 heavy (non-hydrogen) atoms. The molecule has 3 aromatic rings. The summed E-state index contributed by atoms with van der Waals surface area (Å²) in [7, 11) is 0. The standard InChI is InChI=1S/C23H25BrN4O2S/c24-19-6-4-5-18(15-19)22-26-21(30-27-22)16-28-12-9-17(10-13-28)23(29)25-11-14-31-20-7-2-1-3-8-20/h1-8,15,17H,9-14,16H2,(H,25,29). The van der Waals surface area contributed by atoms with Crippen molar-refractivity contribution in [3.05, 3.63) is 65.0 Å². The summed E-state index contributed by atoms with van der Waals surface area (Å²) in [6.07, 6.45) is 1.70. The highest BCUT2D eigenvalue weighted by molar-refractivity contribution is 9.10. The van der Waals surface area contributed by atoms with Gasteiger partial charge in [0.25, 0.3) is 0 Å². The van der Waals surface area contributed by atoms with Gasteiger partial charge in [-0.15, -0.1) is 11.8 Å². The van der Waals surface area contributed by atoms with E-state index in [9.17, 15) is 4.79 Å². The largest absolute Gasteiger partial charge is 0.355 e. The fraction of sp³-hybridized carbons (Fsp3) is 0.348. The lowest BCUT2D eigenvalue weighted by Gasteiger charge is -2.30. The number of piperidine rings is 1. The van der Waals surface area contributed by atoms with E-state index < -0.39 is 0 Å². The normalized spacial score (nSPS) is 15.1. The number of likely N-dealkylation sites (tertiary alicyclic amines) is 1. The van der Waals surface area contributed by atoms with Crippen LogP contribution in [0.4, 0.5) is 0 Å². The predicted molar refractivity (Wildman–Crippen MR) is 126 cm³/mol. The Balaban J connectivity index is 1.18. The van der Waals surface area contributed by atoms with Gasteiger partial charge in [0.15, 0.2) is 0 Å². The first-order valence-corrected chi connectivity index (χ1v) is 12.2. The Kier molecular flexibility index (Phi) is 7.77. The van der Waals surface area contributed by atoms with Gasteiger partial charge in [-0.1, -0.05) is 51.4 Å². The smallest absolute Gasteiger partial charge is 0.241 e. The van der Waals surface area contributed by atoms with E-state index >= 15 is 0 Å². The monoisotopic (exact) mass is 500 g/mol. The van der Waals surface area contributed by atoms with Crippen molar-refractivity contribution in [1.82, 2.24) is 20.4 Å². The van der Waals surface area contributed by atoms with Crippen LogP contribution in [0.25, 0.3) is 11.4 Å². The Morgan fingerprint density at radius 3 is 2.74 bits per heavy atom. The van der Waals surface area contributed by atoms with Crippen molar-refractivity contribution in [3.63, 3.8) is 0 Å². The number of hydrogen-bond acceptors (Lipinski definition) is 6. The molecule has 0 radical (unpaired) electrons. The second kappa shape index (κ2) is 10.9. The molecule has 1 N–H and O–H groups in total. The maximum Gasteiger partial charge on any atom is 0.241 e. The number of thioether (sulfide) groups is 1. The summed E-state index contributed by atoms with van der Waals surface area (Å²) in [5.41, 5.74) is 0.921. The molecule has 1 aromatic heterocycles. The van der Waals surface area contributed by atoms with Crippen LogP contribution in [0.15, 0.2) is 68.5 Å². The van der Waals surface area contributed by atoms with Gasteiger partial charge in [0, 0.05) is 33.1 Å². The van der Waals surface area contributed by atoms with Gasteiger partial charge in [-0.05, 0) is 50.2 Å². The van der Waals surface area contributed by atoms with Crippen LogP contribution in [0.3, 0.4) is 0 Å². The fourth-order valence-electron chi connectivity index (χ4n) is 3.61. The van der Waals surface area contributed by atoms with E-state index in [-0.39, 0.29) is 11.8 Å². The molecule has 2 aromatic carbocycles. The van der Waals surface area contributed by atoms with Gasteiger partial charge in [-0.25, -0.2) is 0 Å². The van der Waals surface area contributed by atoms with Crippen LogP contribution < -0.4 is 5.32 Å². The molecule has 1 amide bonds. The molecular formula is C23H25BrN4O2S. The number of benzene rings is 2. The number of nitrogens with one attached hydrogen (secondary N) is 1. The van der Waals surface area contributed by atoms with Crippen molar-refractivity contribution < 1.29 is 9.32 Å². The topological polar surface area (TPSA) is 71.3 Å². The number of carbonyl (C=O) groups excluding carboxylic acids is 1. The summed E-state index contributed by atoms with van der Waals surface area (Å²) >= 11 is 5.23. The third-order valence-corrected chi connectivity index (χ3v) is 6.79. The second-order valence-electron chi connectivity index (χ2n) is 7.53. The summed E-state index contributed by atoms with van der Waals surface area (Å²) in [5, 5.41) is 7.19. The first kappa shape index (κ1) is 22.0.